The number of nitrogens with two attached hydrogens (primary N) is 1. The van der Waals surface area contributed by atoms with Crippen molar-refractivity contribution < 1.29 is 9.53 Å². The Bertz CT molecular complexity index is 422. The van der Waals surface area contributed by atoms with Crippen molar-refractivity contribution in [2.24, 2.45) is 5.73 Å². The lowest BCUT2D eigenvalue weighted by atomic mass is 10.1. The lowest BCUT2D eigenvalue weighted by Gasteiger charge is -2.30. The second-order valence-corrected chi connectivity index (χ2v) is 5.66. The predicted octanol–water partition coefficient (Wildman–Crippen LogP) is 2.05. The van der Waals surface area contributed by atoms with Crippen LogP contribution in [0.25, 0.3) is 0 Å². The minimum absolute atomic E-state index is 0. The molecular weight excluding hydrogens is 272 g/mol. The first-order chi connectivity index (χ1) is 8.11. The fourth-order valence-electron chi connectivity index (χ4n) is 2.13. The van der Waals surface area contributed by atoms with Crippen LogP contribution in [0.1, 0.15) is 27.4 Å². The number of aryl methyl sites for hydroxylation is 1. The van der Waals surface area contributed by atoms with E-state index >= 15 is 0 Å². The largest absolute Gasteiger partial charge is 0.495 e. The molecule has 1 atom stereocenters. The van der Waals surface area contributed by atoms with Gasteiger partial charge in [-0.2, -0.15) is 0 Å². The van der Waals surface area contributed by atoms with Gasteiger partial charge in [0.25, 0.3) is 5.91 Å². The third-order valence-corrected chi connectivity index (χ3v) is 4.00. The fourth-order valence-corrected chi connectivity index (χ4v) is 3.08. The Morgan fingerprint density at radius 1 is 1.61 bits per heavy atom. The number of piperidine rings is 1. The Balaban J connectivity index is 0.00000162. The molecule has 18 heavy (non-hydrogen) atoms. The van der Waals surface area contributed by atoms with Crippen LogP contribution >= 0.6 is 23.7 Å². The number of methoxy groups -OCH3 is 1. The summed E-state index contributed by atoms with van der Waals surface area (Å²) in [6, 6.07) is 2.02. The van der Waals surface area contributed by atoms with Crippen LogP contribution in [0.5, 0.6) is 5.75 Å². The number of thiophene rings is 1. The summed E-state index contributed by atoms with van der Waals surface area (Å²) in [5.74, 6) is 0.728. The molecule has 2 rings (SSSR count). The zero-order valence-electron chi connectivity index (χ0n) is 10.6. The van der Waals surface area contributed by atoms with Gasteiger partial charge in [0.15, 0.2) is 0 Å². The molecule has 2 heterocycles. The van der Waals surface area contributed by atoms with Crippen LogP contribution in [-0.2, 0) is 0 Å². The minimum Gasteiger partial charge on any atom is -0.495 e. The van der Waals surface area contributed by atoms with Crippen molar-refractivity contribution in [3.8, 4) is 5.75 Å². The smallest absolute Gasteiger partial charge is 0.267 e. The highest BCUT2D eigenvalue weighted by Gasteiger charge is 2.25. The molecule has 0 saturated carbocycles. The van der Waals surface area contributed by atoms with E-state index in [0.717, 1.165) is 24.3 Å². The van der Waals surface area contributed by atoms with Crippen LogP contribution in [-0.4, -0.2) is 37.0 Å². The van der Waals surface area contributed by atoms with E-state index in [4.69, 9.17) is 10.5 Å². The van der Waals surface area contributed by atoms with Gasteiger partial charge < -0.3 is 15.4 Å². The molecule has 6 heteroatoms. The summed E-state index contributed by atoms with van der Waals surface area (Å²) >= 11 is 1.48. The Morgan fingerprint density at radius 3 is 2.94 bits per heavy atom. The van der Waals surface area contributed by atoms with Crippen molar-refractivity contribution in [3.05, 3.63) is 15.8 Å². The monoisotopic (exact) mass is 290 g/mol. The number of hydrogen-bond acceptors (Lipinski definition) is 4. The molecule has 0 spiro atoms. The quantitative estimate of drug-likeness (QED) is 0.907. The molecular formula is C12H19ClN2O2S. The van der Waals surface area contributed by atoms with Crippen LogP contribution in [0.2, 0.25) is 0 Å². The average Bonchev–Trinajstić information content (AvgIpc) is 2.69. The molecule has 1 aromatic heterocycles. The van der Waals surface area contributed by atoms with Gasteiger partial charge in [0.05, 0.1) is 7.11 Å². The number of halogens is 1. The van der Waals surface area contributed by atoms with Crippen molar-refractivity contribution in [3.63, 3.8) is 0 Å². The molecule has 4 nitrogen and oxygen atoms in total. The maximum absolute atomic E-state index is 12.3. The van der Waals surface area contributed by atoms with Crippen LogP contribution < -0.4 is 10.5 Å². The lowest BCUT2D eigenvalue weighted by molar-refractivity contribution is 0.0710. The molecule has 0 aromatic carbocycles. The summed E-state index contributed by atoms with van der Waals surface area (Å²) in [7, 11) is 1.60. The van der Waals surface area contributed by atoms with Crippen molar-refractivity contribution >= 4 is 29.7 Å². The summed E-state index contributed by atoms with van der Waals surface area (Å²) in [5.41, 5.74) is 5.90. The van der Waals surface area contributed by atoms with Gasteiger partial charge in [0, 0.05) is 24.0 Å². The van der Waals surface area contributed by atoms with Gasteiger partial charge in [-0.25, -0.2) is 0 Å². The van der Waals surface area contributed by atoms with Gasteiger partial charge in [-0.3, -0.25) is 4.79 Å². The Kier molecular flexibility index (Phi) is 5.44. The molecule has 102 valence electrons. The zero-order chi connectivity index (χ0) is 12.4. The van der Waals surface area contributed by atoms with Crippen LogP contribution in [0.4, 0.5) is 0 Å². The number of ether oxygens (including phenoxy) is 1. The summed E-state index contributed by atoms with van der Waals surface area (Å²) in [5, 5.41) is 0. The third kappa shape index (κ3) is 3.16. The molecule has 0 aliphatic carbocycles. The van der Waals surface area contributed by atoms with Gasteiger partial charge in [0.1, 0.15) is 10.6 Å². The molecule has 1 unspecified atom stereocenters. The molecule has 1 aromatic rings. The van der Waals surface area contributed by atoms with Gasteiger partial charge >= 0.3 is 0 Å². The molecule has 0 bridgehead atoms. The van der Waals surface area contributed by atoms with E-state index in [9.17, 15) is 4.79 Å². The van der Waals surface area contributed by atoms with Crippen LogP contribution in [0, 0.1) is 6.92 Å². The standard InChI is InChI=1S/C12H18N2O2S.ClH/c1-8-6-10(16-2)11(17-8)12(15)14-5-3-4-9(13)7-14;/h6,9H,3-5,7,13H2,1-2H3;1H. The number of rotatable bonds is 2. The van der Waals surface area contributed by atoms with E-state index in [0.29, 0.717) is 17.2 Å². The first-order valence-corrected chi connectivity index (χ1v) is 6.62. The number of likely N-dealkylation sites (tertiary alicyclic amines) is 1. The number of nitrogens with zero attached hydrogens (tertiary/aromatic N) is 1. The van der Waals surface area contributed by atoms with Gasteiger partial charge in [-0.15, -0.1) is 23.7 Å². The lowest BCUT2D eigenvalue weighted by Crippen LogP contribution is -2.45. The van der Waals surface area contributed by atoms with Crippen molar-refractivity contribution in [1.29, 1.82) is 0 Å². The predicted molar refractivity (Wildman–Crippen MR) is 76.0 cm³/mol. The Hall–Kier alpha value is -0.780. The Morgan fingerprint density at radius 2 is 2.33 bits per heavy atom. The summed E-state index contributed by atoms with van der Waals surface area (Å²) < 4.78 is 5.24. The zero-order valence-corrected chi connectivity index (χ0v) is 12.3. The van der Waals surface area contributed by atoms with Crippen molar-refractivity contribution in [2.75, 3.05) is 20.2 Å². The summed E-state index contributed by atoms with van der Waals surface area (Å²) in [4.78, 5) is 16.0. The van der Waals surface area contributed by atoms with Crippen LogP contribution in [0.15, 0.2) is 6.07 Å². The normalized spacial score (nSPS) is 19.3. The summed E-state index contributed by atoms with van der Waals surface area (Å²) in [6.07, 6.45) is 1.99. The minimum atomic E-state index is 0. The third-order valence-electron chi connectivity index (χ3n) is 2.98. The van der Waals surface area contributed by atoms with E-state index < -0.39 is 0 Å². The van der Waals surface area contributed by atoms with Gasteiger partial charge in [0.2, 0.25) is 0 Å². The molecule has 1 aliphatic heterocycles. The number of hydrogen-bond donors (Lipinski definition) is 1. The van der Waals surface area contributed by atoms with E-state index in [1.807, 2.05) is 17.9 Å². The van der Waals surface area contributed by atoms with Gasteiger partial charge in [-0.05, 0) is 25.8 Å². The first-order valence-electron chi connectivity index (χ1n) is 5.81. The molecule has 0 radical (unpaired) electrons. The van der Waals surface area contributed by atoms with E-state index in [1.54, 1.807) is 7.11 Å². The molecule has 1 aliphatic rings. The molecule has 1 amide bonds. The number of carbonyl (C=O) groups excluding carboxylic acids is 1. The maximum Gasteiger partial charge on any atom is 0.267 e. The highest BCUT2D eigenvalue weighted by atomic mass is 35.5. The molecule has 1 saturated heterocycles. The van der Waals surface area contributed by atoms with Crippen molar-refractivity contribution in [1.82, 2.24) is 4.90 Å². The average molecular weight is 291 g/mol. The Labute approximate surface area is 118 Å². The highest BCUT2D eigenvalue weighted by molar-refractivity contribution is 7.14. The number of amides is 1. The number of carbonyl (C=O) groups is 1. The van der Waals surface area contributed by atoms with E-state index in [-0.39, 0.29) is 24.4 Å². The van der Waals surface area contributed by atoms with Crippen molar-refractivity contribution in [2.45, 2.75) is 25.8 Å². The maximum atomic E-state index is 12.3. The molecule has 2 N–H and O–H groups in total. The van der Waals surface area contributed by atoms with Crippen LogP contribution in [0.3, 0.4) is 0 Å². The van der Waals surface area contributed by atoms with Gasteiger partial charge in [-0.1, -0.05) is 0 Å². The second kappa shape index (κ2) is 6.41. The molecule has 1 fully saturated rings. The topological polar surface area (TPSA) is 55.6 Å². The van der Waals surface area contributed by atoms with E-state index in [2.05, 4.69) is 0 Å². The summed E-state index contributed by atoms with van der Waals surface area (Å²) in [6.45, 7) is 3.43. The highest BCUT2D eigenvalue weighted by Crippen LogP contribution is 2.30. The van der Waals surface area contributed by atoms with E-state index in [1.165, 1.54) is 11.3 Å². The SMILES string of the molecule is COc1cc(C)sc1C(=O)N1CCCC(N)C1.Cl. The first kappa shape index (κ1) is 15.3. The second-order valence-electron chi connectivity index (χ2n) is 4.41. The fraction of sp³-hybridized carbons (Fsp3) is 0.583.